The lowest BCUT2D eigenvalue weighted by atomic mass is 10.0. The van der Waals surface area contributed by atoms with E-state index in [0.717, 1.165) is 35.9 Å². The van der Waals surface area contributed by atoms with E-state index in [1.54, 1.807) is 18.6 Å². The Morgan fingerprint density at radius 1 is 1.22 bits per heavy atom. The average Bonchev–Trinajstić information content (AvgIpc) is 3.33. The van der Waals surface area contributed by atoms with Crippen molar-refractivity contribution in [1.29, 1.82) is 0 Å². The second-order valence-corrected chi connectivity index (χ2v) is 9.70. The number of ether oxygens (including phenoxy) is 1. The standard InChI is InChI=1S/C22H22F5N5O4S/c1-11(22(25,26)27)28-19(34)20(35)32-6-5-21(9-32)10-36-17-15(37-30-21)8-31(2)16(17)18(33)29-12-3-4-13(23)14(24)7-12/h3-4,7-8,11,30H,5-6,9-10H2,1-2H3,(H,28,34)(H,29,33). The molecule has 2 aliphatic rings. The lowest BCUT2D eigenvalue weighted by Gasteiger charge is -2.27. The maximum Gasteiger partial charge on any atom is 0.408 e. The number of fused-ring (bicyclic) bond motifs is 1. The highest BCUT2D eigenvalue weighted by Gasteiger charge is 2.45. The van der Waals surface area contributed by atoms with E-state index in [0.29, 0.717) is 11.3 Å². The van der Waals surface area contributed by atoms with Crippen LogP contribution >= 0.6 is 11.9 Å². The van der Waals surface area contributed by atoms with Crippen LogP contribution in [0, 0.1) is 11.6 Å². The molecule has 1 saturated heterocycles. The Labute approximate surface area is 211 Å². The van der Waals surface area contributed by atoms with Gasteiger partial charge >= 0.3 is 18.0 Å². The first-order valence-electron chi connectivity index (χ1n) is 11.0. The second-order valence-electron chi connectivity index (χ2n) is 8.85. The predicted octanol–water partition coefficient (Wildman–Crippen LogP) is 2.58. The molecule has 0 aliphatic carbocycles. The van der Waals surface area contributed by atoms with E-state index >= 15 is 0 Å². The maximum absolute atomic E-state index is 13.5. The average molecular weight is 548 g/mol. The summed E-state index contributed by atoms with van der Waals surface area (Å²) in [4.78, 5) is 39.1. The Morgan fingerprint density at radius 2 is 1.95 bits per heavy atom. The molecular weight excluding hydrogens is 525 g/mol. The molecule has 3 amide bonds. The van der Waals surface area contributed by atoms with Crippen LogP contribution in [0.2, 0.25) is 0 Å². The fraction of sp³-hybridized carbons (Fsp3) is 0.409. The number of carbonyl (C=O) groups excluding carboxylic acids is 3. The molecule has 1 aromatic carbocycles. The third-order valence-corrected chi connectivity index (χ3v) is 7.08. The zero-order valence-corrected chi connectivity index (χ0v) is 20.4. The second kappa shape index (κ2) is 9.85. The molecule has 0 radical (unpaired) electrons. The van der Waals surface area contributed by atoms with Gasteiger partial charge in [0.05, 0.1) is 10.4 Å². The Balaban J connectivity index is 1.44. The van der Waals surface area contributed by atoms with Gasteiger partial charge in [0.1, 0.15) is 12.6 Å². The molecule has 1 fully saturated rings. The van der Waals surface area contributed by atoms with Gasteiger partial charge in [0.25, 0.3) is 5.91 Å². The monoisotopic (exact) mass is 547 g/mol. The Morgan fingerprint density at radius 3 is 2.62 bits per heavy atom. The van der Waals surface area contributed by atoms with Crippen LogP contribution in [0.3, 0.4) is 0 Å². The quantitative estimate of drug-likeness (QED) is 0.310. The van der Waals surface area contributed by atoms with Crippen molar-refractivity contribution >= 4 is 35.4 Å². The fourth-order valence-corrected chi connectivity index (χ4v) is 4.96. The summed E-state index contributed by atoms with van der Waals surface area (Å²) in [6.07, 6.45) is -2.73. The fourth-order valence-electron chi connectivity index (χ4n) is 3.95. The minimum absolute atomic E-state index is 0.0144. The van der Waals surface area contributed by atoms with E-state index in [1.165, 1.54) is 10.6 Å². The SMILES string of the molecule is CC(NC(=O)C(=O)N1CCC2(COc3c(cn(C)c3C(=O)Nc3ccc(F)c(F)c3)SN2)C1)C(F)(F)F. The first kappa shape index (κ1) is 26.7. The third-order valence-electron chi connectivity index (χ3n) is 6.04. The topological polar surface area (TPSA) is 105 Å². The van der Waals surface area contributed by atoms with Crippen molar-refractivity contribution in [3.8, 4) is 5.75 Å². The summed E-state index contributed by atoms with van der Waals surface area (Å²) in [6.45, 7) is 0.808. The third kappa shape index (κ3) is 5.51. The van der Waals surface area contributed by atoms with Crippen molar-refractivity contribution in [1.82, 2.24) is 19.5 Å². The van der Waals surface area contributed by atoms with Gasteiger partial charge in [0.15, 0.2) is 23.1 Å². The van der Waals surface area contributed by atoms with Gasteiger partial charge in [-0.3, -0.25) is 14.4 Å². The van der Waals surface area contributed by atoms with Crippen LogP contribution in [0.1, 0.15) is 23.8 Å². The summed E-state index contributed by atoms with van der Waals surface area (Å²) < 4.78 is 75.5. The first-order chi connectivity index (χ1) is 17.3. The van der Waals surface area contributed by atoms with Crippen LogP contribution in [0.4, 0.5) is 27.6 Å². The maximum atomic E-state index is 13.5. The van der Waals surface area contributed by atoms with E-state index in [-0.39, 0.29) is 36.8 Å². The van der Waals surface area contributed by atoms with E-state index in [9.17, 15) is 36.3 Å². The Bertz CT molecular complexity index is 1250. The van der Waals surface area contributed by atoms with Gasteiger partial charge in [-0.05, 0) is 37.4 Å². The number of nitrogens with one attached hydrogen (secondary N) is 3. The summed E-state index contributed by atoms with van der Waals surface area (Å²) >= 11 is 1.13. The highest BCUT2D eigenvalue weighted by atomic mass is 32.2. The Kier molecular flexibility index (Phi) is 7.12. The molecule has 4 rings (SSSR count). The molecule has 2 atom stereocenters. The molecule has 15 heteroatoms. The van der Waals surface area contributed by atoms with Gasteiger partial charge in [0.2, 0.25) is 0 Å². The molecular formula is C22H22F5N5O4S. The van der Waals surface area contributed by atoms with Gasteiger partial charge in [-0.2, -0.15) is 13.2 Å². The van der Waals surface area contributed by atoms with Gasteiger partial charge in [0, 0.05) is 38.1 Å². The molecule has 0 bridgehead atoms. The summed E-state index contributed by atoms with van der Waals surface area (Å²) in [5, 5.41) is 4.15. The lowest BCUT2D eigenvalue weighted by molar-refractivity contribution is -0.162. The predicted molar refractivity (Wildman–Crippen MR) is 122 cm³/mol. The van der Waals surface area contributed by atoms with E-state index in [1.807, 2.05) is 0 Å². The molecule has 1 spiro atoms. The Hall–Kier alpha value is -3.33. The van der Waals surface area contributed by atoms with Crippen molar-refractivity contribution in [2.45, 2.75) is 36.0 Å². The van der Waals surface area contributed by atoms with Crippen molar-refractivity contribution in [2.24, 2.45) is 7.05 Å². The number of aromatic nitrogens is 1. The van der Waals surface area contributed by atoms with Crippen molar-refractivity contribution in [3.05, 3.63) is 41.7 Å². The minimum Gasteiger partial charge on any atom is -0.488 e. The summed E-state index contributed by atoms with van der Waals surface area (Å²) in [5.41, 5.74) is -0.690. The number of halogens is 5. The van der Waals surface area contributed by atoms with Gasteiger partial charge in [-0.15, -0.1) is 0 Å². The number of amides is 3. The lowest BCUT2D eigenvalue weighted by Crippen LogP contribution is -2.52. The largest absolute Gasteiger partial charge is 0.488 e. The number of benzene rings is 1. The number of anilines is 1. The number of carbonyl (C=O) groups is 3. The molecule has 2 aliphatic heterocycles. The molecule has 3 N–H and O–H groups in total. The number of aryl methyl sites for hydroxylation is 1. The first-order valence-corrected chi connectivity index (χ1v) is 11.8. The molecule has 200 valence electrons. The van der Waals surface area contributed by atoms with Crippen molar-refractivity contribution in [2.75, 3.05) is 25.0 Å². The number of nitrogens with zero attached hydrogens (tertiary/aromatic N) is 2. The molecule has 2 aromatic rings. The molecule has 2 unspecified atom stereocenters. The van der Waals surface area contributed by atoms with Gasteiger partial charge < -0.3 is 24.8 Å². The number of hydrogen-bond acceptors (Lipinski definition) is 6. The summed E-state index contributed by atoms with van der Waals surface area (Å²) in [6, 6.07) is 0.756. The van der Waals surface area contributed by atoms with Crippen molar-refractivity contribution < 1.29 is 41.1 Å². The minimum atomic E-state index is -4.68. The molecule has 0 saturated carbocycles. The van der Waals surface area contributed by atoms with Crippen LogP contribution in [0.15, 0.2) is 29.3 Å². The number of hydrogen-bond donors (Lipinski definition) is 3. The van der Waals surface area contributed by atoms with Crippen LogP contribution in [-0.2, 0) is 16.6 Å². The molecule has 3 heterocycles. The number of alkyl halides is 3. The van der Waals surface area contributed by atoms with Crippen molar-refractivity contribution in [3.63, 3.8) is 0 Å². The smallest absolute Gasteiger partial charge is 0.408 e. The highest BCUT2D eigenvalue weighted by Crippen LogP contribution is 2.39. The number of likely N-dealkylation sites (tertiary alicyclic amines) is 1. The van der Waals surface area contributed by atoms with Crippen LogP contribution < -0.4 is 20.1 Å². The zero-order valence-electron chi connectivity index (χ0n) is 19.5. The van der Waals surface area contributed by atoms with E-state index in [4.69, 9.17) is 4.74 Å². The van der Waals surface area contributed by atoms with Gasteiger partial charge in [-0.25, -0.2) is 13.5 Å². The highest BCUT2D eigenvalue weighted by molar-refractivity contribution is 7.97. The van der Waals surface area contributed by atoms with Gasteiger partial charge in [-0.1, -0.05) is 0 Å². The number of rotatable bonds is 3. The van der Waals surface area contributed by atoms with E-state index < -0.39 is 47.1 Å². The van der Waals surface area contributed by atoms with Crippen LogP contribution in [-0.4, -0.2) is 64.6 Å². The zero-order chi connectivity index (χ0) is 27.1. The van der Waals surface area contributed by atoms with Crippen LogP contribution in [0.5, 0.6) is 5.75 Å². The molecule has 9 nitrogen and oxygen atoms in total. The van der Waals surface area contributed by atoms with Crippen LogP contribution in [0.25, 0.3) is 0 Å². The molecule has 37 heavy (non-hydrogen) atoms. The summed E-state index contributed by atoms with van der Waals surface area (Å²) in [5.74, 6) is -5.04. The molecule has 1 aromatic heterocycles. The van der Waals surface area contributed by atoms with E-state index in [2.05, 4.69) is 10.0 Å². The normalized spacial score (nSPS) is 20.1. The summed E-state index contributed by atoms with van der Waals surface area (Å²) in [7, 11) is 1.60.